The average Bonchev–Trinajstić information content (AvgIpc) is 3.07. The van der Waals surface area contributed by atoms with Crippen molar-refractivity contribution >= 4 is 11.9 Å². The van der Waals surface area contributed by atoms with E-state index in [1.165, 1.54) is 0 Å². The smallest absolute Gasteiger partial charge is 0.334 e. The van der Waals surface area contributed by atoms with Crippen molar-refractivity contribution in [3.63, 3.8) is 0 Å². The second-order valence-corrected chi connectivity index (χ2v) is 11.8. The molecule has 16 N–H and O–H groups in total. The third-order valence-corrected chi connectivity index (χ3v) is 7.21. The molecule has 22 nitrogen and oxygen atoms in total. The van der Waals surface area contributed by atoms with Crippen LogP contribution in [0.4, 0.5) is 0 Å². The highest BCUT2D eigenvalue weighted by Crippen LogP contribution is 2.11. The lowest BCUT2D eigenvalue weighted by atomic mass is 10.0. The van der Waals surface area contributed by atoms with Crippen molar-refractivity contribution in [2.24, 2.45) is 0 Å². The van der Waals surface area contributed by atoms with E-state index in [9.17, 15) is 65.8 Å². The fourth-order valence-electron chi connectivity index (χ4n) is 4.20. The molecule has 0 aromatic rings. The first kappa shape index (κ1) is 48.2. The number of rotatable bonds is 30. The number of carbonyl (C=O) groups excluding carboxylic acids is 1. The summed E-state index contributed by atoms with van der Waals surface area (Å²) < 4.78 is 15.4. The Hall–Kier alpha value is -1.78. The fourth-order valence-corrected chi connectivity index (χ4v) is 4.20. The molecule has 298 valence electrons. The molecule has 0 saturated carbocycles. The van der Waals surface area contributed by atoms with Crippen molar-refractivity contribution < 1.29 is 100 Å². The van der Waals surface area contributed by atoms with E-state index in [-0.39, 0.29) is 39.3 Å². The molecule has 0 fully saturated rings. The molecule has 0 aromatic heterocycles. The molecule has 0 aliphatic rings. The van der Waals surface area contributed by atoms with Crippen LogP contribution in [0.15, 0.2) is 0 Å². The zero-order chi connectivity index (χ0) is 38.6. The van der Waals surface area contributed by atoms with E-state index >= 15 is 0 Å². The van der Waals surface area contributed by atoms with Gasteiger partial charge in [-0.25, -0.2) is 4.79 Å². The van der Waals surface area contributed by atoms with Crippen LogP contribution in [0.1, 0.15) is 13.3 Å². The van der Waals surface area contributed by atoms with Crippen LogP contribution in [0.3, 0.4) is 0 Å². The summed E-state index contributed by atoms with van der Waals surface area (Å²) in [5.74, 6) is -2.41. The number of carboxylic acid groups (broad SMARTS) is 1. The Kier molecular flexibility index (Phi) is 25.1. The predicted molar refractivity (Wildman–Crippen MR) is 165 cm³/mol. The second kappa shape index (κ2) is 26.1. The quantitative estimate of drug-likeness (QED) is 0.0325. The molecule has 50 heavy (non-hydrogen) atoms. The highest BCUT2D eigenvalue weighted by Gasteiger charge is 2.34. The minimum absolute atomic E-state index is 0.0513. The van der Waals surface area contributed by atoms with Crippen molar-refractivity contribution in [1.29, 1.82) is 0 Å². The van der Waals surface area contributed by atoms with Crippen LogP contribution in [0.2, 0.25) is 0 Å². The Labute approximate surface area is 287 Å². The number of aliphatic hydroxyl groups excluding tert-OH is 14. The lowest BCUT2D eigenvalue weighted by molar-refractivity contribution is -0.150. The average molecular weight is 741 g/mol. The van der Waals surface area contributed by atoms with E-state index in [1.54, 1.807) is 6.92 Å². The van der Waals surface area contributed by atoms with Gasteiger partial charge in [0.15, 0.2) is 12.2 Å². The van der Waals surface area contributed by atoms with Gasteiger partial charge in [-0.05, 0) is 6.92 Å². The van der Waals surface area contributed by atoms with Gasteiger partial charge in [0.2, 0.25) is 0 Å². The van der Waals surface area contributed by atoms with Crippen molar-refractivity contribution in [3.8, 4) is 0 Å². The summed E-state index contributed by atoms with van der Waals surface area (Å²) in [7, 11) is 0. The third-order valence-electron chi connectivity index (χ3n) is 7.21. The van der Waals surface area contributed by atoms with E-state index in [1.807, 2.05) is 0 Å². The Morgan fingerprint density at radius 2 is 1.06 bits per heavy atom. The Morgan fingerprint density at radius 3 is 1.52 bits per heavy atom. The molecule has 0 aliphatic heterocycles. The Balaban J connectivity index is 4.83. The summed E-state index contributed by atoms with van der Waals surface area (Å²) in [4.78, 5) is 24.0. The van der Waals surface area contributed by atoms with Crippen LogP contribution in [-0.4, -0.2) is 245 Å². The summed E-state index contributed by atoms with van der Waals surface area (Å²) in [6.07, 6.45) is -21.4. The minimum Gasteiger partial charge on any atom is -0.479 e. The van der Waals surface area contributed by atoms with Gasteiger partial charge in [-0.15, -0.1) is 0 Å². The highest BCUT2D eigenvalue weighted by atomic mass is 16.5. The van der Waals surface area contributed by atoms with Crippen molar-refractivity contribution in [1.82, 2.24) is 10.2 Å². The van der Waals surface area contributed by atoms with Gasteiger partial charge in [0.25, 0.3) is 5.91 Å². The maximum Gasteiger partial charge on any atom is 0.334 e. The Bertz CT molecular complexity index is 879. The zero-order valence-corrected chi connectivity index (χ0v) is 27.7. The summed E-state index contributed by atoms with van der Waals surface area (Å²) in [5.41, 5.74) is 0. The number of nitrogens with zero attached hydrogens (tertiary/aromatic N) is 1. The number of aliphatic carboxylic acids is 1. The molecule has 1 amide bonds. The van der Waals surface area contributed by atoms with E-state index < -0.39 is 131 Å². The number of carbonyl (C=O) groups is 2. The Morgan fingerprint density at radius 1 is 0.620 bits per heavy atom. The third kappa shape index (κ3) is 19.7. The van der Waals surface area contributed by atoms with Crippen LogP contribution in [-0.2, 0) is 23.8 Å². The monoisotopic (exact) mass is 740 g/mol. The molecular formula is C28H56N2O20. The number of hydrogen-bond acceptors (Lipinski definition) is 20. The number of hydrogen-bond donors (Lipinski definition) is 16. The summed E-state index contributed by atoms with van der Waals surface area (Å²) in [5, 5.41) is 148. The molecule has 0 aliphatic carbocycles. The first-order valence-electron chi connectivity index (χ1n) is 15.7. The van der Waals surface area contributed by atoms with Crippen molar-refractivity contribution in [2.75, 3.05) is 72.4 Å². The molecule has 22 heteroatoms. The number of carboxylic acids is 1. The molecule has 0 aromatic carbocycles. The van der Waals surface area contributed by atoms with E-state index in [0.29, 0.717) is 0 Å². The van der Waals surface area contributed by atoms with Gasteiger partial charge >= 0.3 is 5.97 Å². The maximum absolute atomic E-state index is 12.3. The van der Waals surface area contributed by atoms with Crippen molar-refractivity contribution in [3.05, 3.63) is 0 Å². The highest BCUT2D eigenvalue weighted by molar-refractivity contribution is 5.80. The lowest BCUT2D eigenvalue weighted by Crippen LogP contribution is -2.54. The zero-order valence-electron chi connectivity index (χ0n) is 27.7. The number of aliphatic hydroxyl groups is 14. The van der Waals surface area contributed by atoms with E-state index in [0.717, 1.165) is 4.90 Å². The van der Waals surface area contributed by atoms with Crippen LogP contribution in [0.5, 0.6) is 0 Å². The lowest BCUT2D eigenvalue weighted by Gasteiger charge is -2.33. The molecule has 0 rings (SSSR count). The molecule has 5 unspecified atom stereocenters. The molecule has 0 heterocycles. The molecule has 0 spiro atoms. The van der Waals surface area contributed by atoms with E-state index in [4.69, 9.17) is 34.6 Å². The van der Waals surface area contributed by atoms with Crippen LogP contribution in [0.25, 0.3) is 0 Å². The summed E-state index contributed by atoms with van der Waals surface area (Å²) in [6.45, 7) is -3.92. The van der Waals surface area contributed by atoms with Gasteiger partial charge in [0.1, 0.15) is 42.7 Å². The van der Waals surface area contributed by atoms with Crippen LogP contribution < -0.4 is 5.32 Å². The predicted octanol–water partition coefficient (Wildman–Crippen LogP) is -9.37. The first-order chi connectivity index (χ1) is 23.4. The fraction of sp³-hybridized carbons (Fsp3) is 0.929. The summed E-state index contributed by atoms with van der Waals surface area (Å²) in [6, 6.07) is 0. The van der Waals surface area contributed by atoms with E-state index in [2.05, 4.69) is 5.32 Å². The SMILES string of the molecule is CC(CC(O)COCC(O)C(=O)O)OCC(O)COCC(O)C(=O)NCCN(C[C@H](O)[C@@H](O)[C@H](O)[C@H](O)CO)C[C@H](O)[C@@H](O)[C@H](O)[C@H](O)CO. The standard InChI is InChI=1S/C28H56N2O20/c1-14(4-15(33)9-48-13-22(40)28(46)47)50-11-16(34)10-49-12-21(39)27(45)29-2-3-30(5-17(35)23(41)25(43)19(37)7-31)6-18(36)24(42)26(44)20(38)8-32/h14-26,31-44H,2-13H2,1H3,(H,29,45)(H,46,47)/t14?,15?,16?,17-,18-,19+,20+,21?,22?,23+,24+,25+,26+/m0/s1. The topological polar surface area (TPSA) is 381 Å². The summed E-state index contributed by atoms with van der Waals surface area (Å²) >= 11 is 0. The van der Waals surface area contributed by atoms with Crippen LogP contribution in [0, 0.1) is 0 Å². The molecule has 0 radical (unpaired) electrons. The van der Waals surface area contributed by atoms with Gasteiger partial charge in [-0.3, -0.25) is 9.69 Å². The van der Waals surface area contributed by atoms with Gasteiger partial charge in [0.05, 0.1) is 70.7 Å². The molecule has 0 saturated heterocycles. The number of ether oxygens (including phenoxy) is 3. The maximum atomic E-state index is 12.3. The van der Waals surface area contributed by atoms with Gasteiger partial charge in [-0.2, -0.15) is 0 Å². The number of nitrogens with one attached hydrogen (secondary N) is 1. The van der Waals surface area contributed by atoms with Gasteiger partial charge in [-0.1, -0.05) is 0 Å². The van der Waals surface area contributed by atoms with Gasteiger partial charge in [0, 0.05) is 32.6 Å². The van der Waals surface area contributed by atoms with Crippen LogP contribution >= 0.6 is 0 Å². The molecular weight excluding hydrogens is 684 g/mol. The largest absolute Gasteiger partial charge is 0.479 e. The van der Waals surface area contributed by atoms with Gasteiger partial charge < -0.3 is 96.1 Å². The molecule has 13 atom stereocenters. The first-order valence-corrected chi connectivity index (χ1v) is 15.7. The second-order valence-electron chi connectivity index (χ2n) is 11.8. The normalized spacial score (nSPS) is 20.1. The van der Waals surface area contributed by atoms with Crippen molar-refractivity contribution in [2.45, 2.75) is 92.7 Å². The number of amides is 1. The molecule has 0 bridgehead atoms. The minimum atomic E-state index is -2.00.